The fraction of sp³-hybridized carbons (Fsp3) is 0.143. The van der Waals surface area contributed by atoms with Crippen LogP contribution in [0.4, 0.5) is 22.7 Å². The number of nitro benzene ring substituents is 4. The molecule has 2 atom stereocenters. The van der Waals surface area contributed by atoms with E-state index < -0.39 is 54.5 Å². The molecule has 1 fully saturated rings. The molecule has 13 heteroatoms. The molecule has 0 amide bonds. The van der Waals surface area contributed by atoms with Crippen LogP contribution in [0.5, 0.6) is 0 Å². The molecule has 3 rings (SSSR count). The van der Waals surface area contributed by atoms with E-state index in [0.717, 1.165) is 0 Å². The molecule has 27 heavy (non-hydrogen) atoms. The summed E-state index contributed by atoms with van der Waals surface area (Å²) in [6, 6.07) is 6.51. The number of ether oxygens (including phenoxy) is 1. The van der Waals surface area contributed by atoms with E-state index in [2.05, 4.69) is 0 Å². The highest BCUT2D eigenvalue weighted by atomic mass is 16.6. The third-order valence-corrected chi connectivity index (χ3v) is 3.91. The molecule has 1 aliphatic heterocycles. The first-order valence-electron chi connectivity index (χ1n) is 7.21. The van der Waals surface area contributed by atoms with Gasteiger partial charge in [-0.2, -0.15) is 0 Å². The van der Waals surface area contributed by atoms with Gasteiger partial charge in [0.1, 0.15) is 17.8 Å². The highest BCUT2D eigenvalue weighted by Gasteiger charge is 2.50. The number of benzene rings is 2. The van der Waals surface area contributed by atoms with E-state index in [4.69, 9.17) is 4.74 Å². The quantitative estimate of drug-likeness (QED) is 0.414. The van der Waals surface area contributed by atoms with Crippen molar-refractivity contribution >= 4 is 22.7 Å². The van der Waals surface area contributed by atoms with Crippen LogP contribution in [0.2, 0.25) is 0 Å². The van der Waals surface area contributed by atoms with Crippen molar-refractivity contribution < 1.29 is 24.4 Å². The van der Waals surface area contributed by atoms with Gasteiger partial charge in [-0.05, 0) is 5.56 Å². The van der Waals surface area contributed by atoms with Gasteiger partial charge in [0.2, 0.25) is 0 Å². The smallest absolute Gasteiger partial charge is 0.289 e. The lowest BCUT2D eigenvalue weighted by molar-refractivity contribution is -0.404. The van der Waals surface area contributed by atoms with E-state index in [1.54, 1.807) is 0 Å². The number of hydrogen-bond acceptors (Lipinski definition) is 9. The zero-order chi connectivity index (χ0) is 19.9. The van der Waals surface area contributed by atoms with Crippen LogP contribution in [0.25, 0.3) is 0 Å². The van der Waals surface area contributed by atoms with Gasteiger partial charge in [0.05, 0.1) is 31.8 Å². The number of nitro groups is 4. The minimum absolute atomic E-state index is 0.241. The van der Waals surface area contributed by atoms with Gasteiger partial charge in [-0.1, -0.05) is 12.1 Å². The molecule has 0 aromatic heterocycles. The Bertz CT molecular complexity index is 971. The first-order valence-corrected chi connectivity index (χ1v) is 7.21. The Balaban J connectivity index is 2.08. The lowest BCUT2D eigenvalue weighted by atomic mass is 10.0. The normalized spacial score (nSPS) is 17.9. The molecule has 2 aromatic rings. The monoisotopic (exact) mass is 376 g/mol. The molecule has 0 N–H and O–H groups in total. The average molecular weight is 376 g/mol. The van der Waals surface area contributed by atoms with Crippen molar-refractivity contribution in [3.8, 4) is 0 Å². The maximum absolute atomic E-state index is 11.3. The van der Waals surface area contributed by atoms with E-state index in [1.807, 2.05) is 0 Å². The van der Waals surface area contributed by atoms with Gasteiger partial charge in [-0.25, -0.2) is 0 Å². The van der Waals surface area contributed by atoms with Gasteiger partial charge in [0.15, 0.2) is 0 Å². The van der Waals surface area contributed by atoms with E-state index >= 15 is 0 Å². The summed E-state index contributed by atoms with van der Waals surface area (Å²) in [7, 11) is 0. The molecule has 138 valence electrons. The maximum Gasteiger partial charge on any atom is 0.289 e. The largest absolute Gasteiger partial charge is 0.359 e. The Morgan fingerprint density at radius 2 is 1.26 bits per heavy atom. The molecule has 0 spiro atoms. The van der Waals surface area contributed by atoms with E-state index in [0.29, 0.717) is 17.7 Å². The molecule has 1 aliphatic rings. The molecule has 0 saturated carbocycles. The lowest BCUT2D eigenvalue weighted by Crippen LogP contribution is -2.03. The minimum atomic E-state index is -1.13. The SMILES string of the molecule is O=[N+]([O-])c1cccc(C2OC2c2c([N+](=O)[O-])cc([N+](=O)[O-])cc2[N+](=O)[O-])c1. The second kappa shape index (κ2) is 6.38. The molecule has 0 radical (unpaired) electrons. The van der Waals surface area contributed by atoms with Gasteiger partial charge in [-0.3, -0.25) is 40.5 Å². The molecule has 0 aliphatic carbocycles. The molecule has 2 aromatic carbocycles. The standard InChI is InChI=1S/C14H8N4O9/c19-15(20)8-3-1-2-7(4-8)13-14(27-13)12-10(17(23)24)5-9(16(21)22)6-11(12)18(25)26/h1-6,13-14H. The number of non-ortho nitro benzene ring substituents is 2. The van der Waals surface area contributed by atoms with E-state index in [-0.39, 0.29) is 5.69 Å². The molecular formula is C14H8N4O9. The third kappa shape index (κ3) is 3.25. The van der Waals surface area contributed by atoms with Crippen LogP contribution in [-0.2, 0) is 4.74 Å². The van der Waals surface area contributed by atoms with Gasteiger partial charge in [0, 0.05) is 12.1 Å². The Morgan fingerprint density at radius 3 is 1.74 bits per heavy atom. The number of nitrogens with zero attached hydrogens (tertiary/aromatic N) is 4. The number of epoxide rings is 1. The van der Waals surface area contributed by atoms with Crippen molar-refractivity contribution in [1.82, 2.24) is 0 Å². The summed E-state index contributed by atoms with van der Waals surface area (Å²) in [4.78, 5) is 40.8. The second-order valence-corrected chi connectivity index (χ2v) is 5.50. The Hall–Kier alpha value is -4.00. The number of rotatable bonds is 6. The molecule has 2 unspecified atom stereocenters. The summed E-state index contributed by atoms with van der Waals surface area (Å²) >= 11 is 0. The van der Waals surface area contributed by atoms with Crippen molar-refractivity contribution in [3.05, 3.63) is 88.0 Å². The van der Waals surface area contributed by atoms with Crippen LogP contribution in [0.3, 0.4) is 0 Å². The lowest BCUT2D eigenvalue weighted by Gasteiger charge is -2.02. The first kappa shape index (κ1) is 17.8. The molecule has 13 nitrogen and oxygen atoms in total. The van der Waals surface area contributed by atoms with Crippen molar-refractivity contribution in [2.45, 2.75) is 12.2 Å². The average Bonchev–Trinajstić information content (AvgIpc) is 3.40. The summed E-state index contributed by atoms with van der Waals surface area (Å²) < 4.78 is 5.30. The van der Waals surface area contributed by atoms with Crippen LogP contribution in [-0.4, -0.2) is 19.7 Å². The summed E-state index contributed by atoms with van der Waals surface area (Å²) in [6.45, 7) is 0. The molecule has 1 saturated heterocycles. The van der Waals surface area contributed by atoms with E-state index in [9.17, 15) is 40.5 Å². The van der Waals surface area contributed by atoms with Crippen molar-refractivity contribution in [3.63, 3.8) is 0 Å². The first-order chi connectivity index (χ1) is 12.7. The van der Waals surface area contributed by atoms with Gasteiger partial charge < -0.3 is 4.74 Å². The third-order valence-electron chi connectivity index (χ3n) is 3.91. The fourth-order valence-electron chi connectivity index (χ4n) is 2.71. The predicted molar refractivity (Wildman–Crippen MR) is 86.1 cm³/mol. The van der Waals surface area contributed by atoms with Crippen LogP contribution in [0.1, 0.15) is 23.3 Å². The van der Waals surface area contributed by atoms with Crippen molar-refractivity contribution in [1.29, 1.82) is 0 Å². The fourth-order valence-corrected chi connectivity index (χ4v) is 2.71. The highest BCUT2D eigenvalue weighted by Crippen LogP contribution is 2.56. The minimum Gasteiger partial charge on any atom is -0.359 e. The van der Waals surface area contributed by atoms with Gasteiger partial charge >= 0.3 is 0 Å². The van der Waals surface area contributed by atoms with Gasteiger partial charge in [-0.15, -0.1) is 0 Å². The maximum atomic E-state index is 11.3. The Morgan fingerprint density at radius 1 is 0.704 bits per heavy atom. The van der Waals surface area contributed by atoms with E-state index in [1.165, 1.54) is 24.3 Å². The second-order valence-electron chi connectivity index (χ2n) is 5.50. The zero-order valence-corrected chi connectivity index (χ0v) is 13.1. The summed E-state index contributed by atoms with van der Waals surface area (Å²) in [5.74, 6) is 0. The van der Waals surface area contributed by atoms with Crippen LogP contribution in [0.15, 0.2) is 36.4 Å². The van der Waals surface area contributed by atoms with Crippen molar-refractivity contribution in [2.24, 2.45) is 0 Å². The summed E-state index contributed by atoms with van der Waals surface area (Å²) in [6.07, 6.45) is -2.02. The summed E-state index contributed by atoms with van der Waals surface area (Å²) in [5.41, 5.74) is -2.81. The topological polar surface area (TPSA) is 185 Å². The zero-order valence-electron chi connectivity index (χ0n) is 13.1. The molecular weight excluding hydrogens is 368 g/mol. The Kier molecular flexibility index (Phi) is 4.21. The molecule has 0 bridgehead atoms. The predicted octanol–water partition coefficient (Wildman–Crippen LogP) is 3.13. The van der Waals surface area contributed by atoms with Gasteiger partial charge in [0.25, 0.3) is 22.7 Å². The van der Waals surface area contributed by atoms with Crippen molar-refractivity contribution in [2.75, 3.05) is 0 Å². The van der Waals surface area contributed by atoms with Crippen LogP contribution < -0.4 is 0 Å². The highest BCUT2D eigenvalue weighted by molar-refractivity contribution is 5.63. The number of hydrogen-bond donors (Lipinski definition) is 0. The molecule has 1 heterocycles. The summed E-state index contributed by atoms with van der Waals surface area (Å²) in [5, 5.41) is 44.4. The van der Waals surface area contributed by atoms with Crippen LogP contribution in [0, 0.1) is 40.5 Å². The Labute approximate surface area is 148 Å². The van der Waals surface area contributed by atoms with Crippen LogP contribution >= 0.6 is 0 Å².